The highest BCUT2D eigenvalue weighted by Crippen LogP contribution is 2.41. The molecule has 0 aliphatic heterocycles. The minimum Gasteiger partial charge on any atom is -0.310 e. The van der Waals surface area contributed by atoms with E-state index in [2.05, 4.69) is 27.9 Å². The fraction of sp³-hybridized carbons (Fsp3) is 0.0488. The summed E-state index contributed by atoms with van der Waals surface area (Å²) in [5.74, 6) is 0.427. The molecule has 0 amide bonds. The predicted octanol–water partition coefficient (Wildman–Crippen LogP) is 9.67. The first-order valence-corrected chi connectivity index (χ1v) is 15.5. The standard InChI is InChI=1S/C41H21N9/c1-23-13-24(2)48-41(47-23)34-19-35(49-36-14-25(20-42)5-9-30(36)32-11-7-28(45-3)17-39(32)49)27(22-44)16-38(34)50-37-15-26(21-43)6-10-31(37)33-12-8-29(46-4)18-40(33)50/h5-19H,1-2H3. The third-order valence-electron chi connectivity index (χ3n) is 8.96. The van der Waals surface area contributed by atoms with Gasteiger partial charge in [-0.05, 0) is 68.4 Å². The van der Waals surface area contributed by atoms with E-state index in [0.717, 1.165) is 44.0 Å². The van der Waals surface area contributed by atoms with E-state index in [-0.39, 0.29) is 0 Å². The molecule has 230 valence electrons. The van der Waals surface area contributed by atoms with Gasteiger partial charge < -0.3 is 9.13 Å². The highest BCUT2D eigenvalue weighted by atomic mass is 15.0. The average Bonchev–Trinajstić information content (AvgIpc) is 3.64. The smallest absolute Gasteiger partial charge is 0.189 e. The molecule has 0 aliphatic carbocycles. The molecule has 8 aromatic rings. The van der Waals surface area contributed by atoms with Crippen LogP contribution in [0.15, 0.2) is 91.0 Å². The molecule has 0 bridgehead atoms. The molecule has 0 radical (unpaired) electrons. The SMILES string of the molecule is [C-]#[N+]c1ccc2c3ccc(C#N)cc3n(-c3cc(-c4nc(C)cc(C)n4)c(-n4c5cc(C#N)ccc5c5ccc([N+]#[C-])cc54)cc3C#N)c2c1. The molecule has 0 saturated heterocycles. The van der Waals surface area contributed by atoms with Crippen molar-refractivity contribution in [1.82, 2.24) is 19.1 Å². The van der Waals surface area contributed by atoms with Gasteiger partial charge in [-0.15, -0.1) is 0 Å². The number of benzene rings is 5. The third-order valence-corrected chi connectivity index (χ3v) is 8.96. The highest BCUT2D eigenvalue weighted by molar-refractivity contribution is 6.12. The first-order chi connectivity index (χ1) is 24.3. The minimum atomic E-state index is 0.315. The number of rotatable bonds is 3. The Kier molecular flexibility index (Phi) is 6.63. The molecule has 0 fully saturated rings. The summed E-state index contributed by atoms with van der Waals surface area (Å²) in [4.78, 5) is 17.1. The van der Waals surface area contributed by atoms with Crippen molar-refractivity contribution in [1.29, 1.82) is 15.8 Å². The molecule has 8 rings (SSSR count). The number of hydrogen-bond donors (Lipinski definition) is 0. The Bertz CT molecular complexity index is 2850. The summed E-state index contributed by atoms with van der Waals surface area (Å²) in [7, 11) is 0. The Morgan fingerprint density at radius 1 is 0.540 bits per heavy atom. The second-order valence-electron chi connectivity index (χ2n) is 12.0. The maximum atomic E-state index is 10.8. The maximum absolute atomic E-state index is 10.8. The first kappa shape index (κ1) is 29.6. The summed E-state index contributed by atoms with van der Waals surface area (Å²) in [5.41, 5.74) is 8.19. The zero-order chi connectivity index (χ0) is 34.7. The van der Waals surface area contributed by atoms with Gasteiger partial charge in [0.1, 0.15) is 6.07 Å². The van der Waals surface area contributed by atoms with E-state index in [4.69, 9.17) is 23.1 Å². The quantitative estimate of drug-likeness (QED) is 0.179. The van der Waals surface area contributed by atoms with Crippen LogP contribution in [0.1, 0.15) is 28.1 Å². The van der Waals surface area contributed by atoms with Crippen molar-refractivity contribution in [3.05, 3.63) is 142 Å². The van der Waals surface area contributed by atoms with Crippen molar-refractivity contribution in [2.75, 3.05) is 0 Å². The van der Waals surface area contributed by atoms with Crippen LogP contribution in [-0.4, -0.2) is 19.1 Å². The Balaban J connectivity index is 1.58. The molecule has 0 N–H and O–H groups in total. The number of hydrogen-bond acceptors (Lipinski definition) is 5. The lowest BCUT2D eigenvalue weighted by Crippen LogP contribution is -2.06. The normalized spacial score (nSPS) is 10.9. The van der Waals surface area contributed by atoms with E-state index in [0.29, 0.717) is 61.9 Å². The van der Waals surface area contributed by atoms with Crippen LogP contribution in [0.3, 0.4) is 0 Å². The molecule has 0 atom stereocenters. The fourth-order valence-electron chi connectivity index (χ4n) is 6.87. The van der Waals surface area contributed by atoms with E-state index in [1.165, 1.54) is 0 Å². The van der Waals surface area contributed by atoms with Gasteiger partial charge in [0.15, 0.2) is 17.2 Å². The van der Waals surface area contributed by atoms with Gasteiger partial charge in [-0.25, -0.2) is 19.7 Å². The van der Waals surface area contributed by atoms with Crippen molar-refractivity contribution in [2.24, 2.45) is 0 Å². The predicted molar refractivity (Wildman–Crippen MR) is 192 cm³/mol. The van der Waals surface area contributed by atoms with Crippen molar-refractivity contribution in [2.45, 2.75) is 13.8 Å². The number of aryl methyl sites for hydroxylation is 2. The Hall–Kier alpha value is -7.77. The van der Waals surface area contributed by atoms with E-state index in [1.807, 2.05) is 65.4 Å². The molecule has 50 heavy (non-hydrogen) atoms. The zero-order valence-corrected chi connectivity index (χ0v) is 26.7. The molecule has 0 saturated carbocycles. The van der Waals surface area contributed by atoms with E-state index >= 15 is 0 Å². The lowest BCUT2D eigenvalue weighted by atomic mass is 10.0. The Morgan fingerprint density at radius 2 is 1.00 bits per heavy atom. The van der Waals surface area contributed by atoms with Crippen LogP contribution < -0.4 is 0 Å². The molecule has 9 nitrogen and oxygen atoms in total. The third kappa shape index (κ3) is 4.43. The van der Waals surface area contributed by atoms with Gasteiger partial charge in [0.2, 0.25) is 0 Å². The highest BCUT2D eigenvalue weighted by Gasteiger charge is 2.23. The number of nitriles is 3. The molecular formula is C41H21N9. The molecule has 3 aromatic heterocycles. The van der Waals surface area contributed by atoms with Gasteiger partial charge in [0.25, 0.3) is 0 Å². The van der Waals surface area contributed by atoms with Crippen LogP contribution in [0, 0.1) is 61.0 Å². The summed E-state index contributed by atoms with van der Waals surface area (Å²) in [6, 6.07) is 34.3. The molecule has 0 spiro atoms. The van der Waals surface area contributed by atoms with Gasteiger partial charge in [0, 0.05) is 49.5 Å². The summed E-state index contributed by atoms with van der Waals surface area (Å²) in [6.45, 7) is 19.3. The maximum Gasteiger partial charge on any atom is 0.189 e. The summed E-state index contributed by atoms with van der Waals surface area (Å²) in [6.07, 6.45) is 0. The molecule has 3 heterocycles. The van der Waals surface area contributed by atoms with Gasteiger partial charge in [-0.3, -0.25) is 0 Å². The van der Waals surface area contributed by atoms with E-state index in [9.17, 15) is 15.8 Å². The van der Waals surface area contributed by atoms with Crippen molar-refractivity contribution >= 4 is 55.0 Å². The lowest BCUT2D eigenvalue weighted by Gasteiger charge is -2.18. The summed E-state index contributed by atoms with van der Waals surface area (Å²) in [5, 5.41) is 34.0. The van der Waals surface area contributed by atoms with Crippen LogP contribution >= 0.6 is 0 Å². The van der Waals surface area contributed by atoms with Gasteiger partial charge in [0.05, 0.1) is 64.4 Å². The topological polar surface area (TPSA) is 116 Å². The van der Waals surface area contributed by atoms with E-state index < -0.39 is 0 Å². The number of nitrogens with zero attached hydrogens (tertiary/aromatic N) is 9. The van der Waals surface area contributed by atoms with Gasteiger partial charge >= 0.3 is 0 Å². The van der Waals surface area contributed by atoms with Crippen LogP contribution in [0.2, 0.25) is 0 Å². The van der Waals surface area contributed by atoms with Crippen molar-refractivity contribution < 1.29 is 0 Å². The molecular weight excluding hydrogens is 619 g/mol. The minimum absolute atomic E-state index is 0.315. The largest absolute Gasteiger partial charge is 0.310 e. The second kappa shape index (κ2) is 11.2. The average molecular weight is 640 g/mol. The van der Waals surface area contributed by atoms with E-state index in [1.54, 1.807) is 48.5 Å². The Morgan fingerprint density at radius 3 is 1.46 bits per heavy atom. The van der Waals surface area contributed by atoms with Crippen LogP contribution in [0.25, 0.3) is 76.1 Å². The molecule has 0 aliphatic rings. The number of aromatic nitrogens is 4. The monoisotopic (exact) mass is 639 g/mol. The molecule has 5 aromatic carbocycles. The summed E-state index contributed by atoms with van der Waals surface area (Å²) < 4.78 is 3.89. The van der Waals surface area contributed by atoms with Gasteiger partial charge in [-0.1, -0.05) is 36.4 Å². The van der Waals surface area contributed by atoms with Crippen molar-refractivity contribution in [3.8, 4) is 41.0 Å². The number of fused-ring (bicyclic) bond motifs is 6. The fourth-order valence-corrected chi connectivity index (χ4v) is 6.87. The van der Waals surface area contributed by atoms with Crippen molar-refractivity contribution in [3.63, 3.8) is 0 Å². The van der Waals surface area contributed by atoms with Crippen LogP contribution in [0.5, 0.6) is 0 Å². The lowest BCUT2D eigenvalue weighted by molar-refractivity contribution is 1.05. The van der Waals surface area contributed by atoms with Gasteiger partial charge in [-0.2, -0.15) is 15.8 Å². The summed E-state index contributed by atoms with van der Waals surface area (Å²) >= 11 is 0. The van der Waals surface area contributed by atoms with Crippen LogP contribution in [0.4, 0.5) is 11.4 Å². The first-order valence-electron chi connectivity index (χ1n) is 15.5. The molecule has 9 heteroatoms. The Labute approximate surface area is 286 Å². The second-order valence-corrected chi connectivity index (χ2v) is 12.0. The molecule has 0 unspecified atom stereocenters. The zero-order valence-electron chi connectivity index (χ0n) is 26.7. The van der Waals surface area contributed by atoms with Crippen LogP contribution in [-0.2, 0) is 0 Å².